The molecule has 0 heterocycles. The number of benzene rings is 1. The molecule has 4 heteroatoms. The summed E-state index contributed by atoms with van der Waals surface area (Å²) >= 11 is 5.81. The van der Waals surface area contributed by atoms with Crippen LogP contribution in [0, 0.1) is 5.82 Å². The summed E-state index contributed by atoms with van der Waals surface area (Å²) in [7, 11) is 1.83. The zero-order valence-electron chi connectivity index (χ0n) is 8.02. The molecule has 2 nitrogen and oxygen atoms in total. The second-order valence-electron chi connectivity index (χ2n) is 2.86. The molecule has 14 heavy (non-hydrogen) atoms. The van der Waals surface area contributed by atoms with Gasteiger partial charge in [0.05, 0.1) is 13.2 Å². The van der Waals surface area contributed by atoms with Crippen molar-refractivity contribution in [3.63, 3.8) is 0 Å². The minimum Gasteiger partial charge on any atom is -0.375 e. The highest BCUT2D eigenvalue weighted by Gasteiger charge is 2.05. The Morgan fingerprint density at radius 1 is 1.50 bits per heavy atom. The van der Waals surface area contributed by atoms with Crippen molar-refractivity contribution in [1.82, 2.24) is 5.32 Å². The molecule has 0 saturated heterocycles. The van der Waals surface area contributed by atoms with E-state index in [0.717, 1.165) is 6.54 Å². The van der Waals surface area contributed by atoms with Crippen molar-refractivity contribution in [2.24, 2.45) is 0 Å². The van der Waals surface area contributed by atoms with Crippen molar-refractivity contribution >= 4 is 11.6 Å². The van der Waals surface area contributed by atoms with Crippen LogP contribution in [-0.4, -0.2) is 20.2 Å². The lowest BCUT2D eigenvalue weighted by atomic mass is 10.2. The van der Waals surface area contributed by atoms with E-state index in [1.807, 2.05) is 7.05 Å². The highest BCUT2D eigenvalue weighted by molar-refractivity contribution is 6.31. The lowest BCUT2D eigenvalue weighted by Gasteiger charge is -2.06. The Hall–Kier alpha value is -0.640. The SMILES string of the molecule is CNCCOCc1c(F)cccc1Cl. The number of hydrogen-bond acceptors (Lipinski definition) is 2. The monoisotopic (exact) mass is 217 g/mol. The molecule has 1 aromatic rings. The maximum Gasteiger partial charge on any atom is 0.130 e. The summed E-state index contributed by atoms with van der Waals surface area (Å²) < 4.78 is 18.4. The van der Waals surface area contributed by atoms with E-state index < -0.39 is 0 Å². The summed E-state index contributed by atoms with van der Waals surface area (Å²) in [5, 5.41) is 3.34. The normalized spacial score (nSPS) is 10.5. The molecule has 0 aromatic heterocycles. The van der Waals surface area contributed by atoms with Crippen LogP contribution in [0.5, 0.6) is 0 Å². The standard InChI is InChI=1S/C10H13ClFNO/c1-13-5-6-14-7-8-9(11)3-2-4-10(8)12/h2-4,13H,5-7H2,1H3. The molecule has 1 rings (SSSR count). The van der Waals surface area contributed by atoms with Crippen LogP contribution in [-0.2, 0) is 11.3 Å². The summed E-state index contributed by atoms with van der Waals surface area (Å²) in [6.07, 6.45) is 0. The fourth-order valence-corrected chi connectivity index (χ4v) is 1.24. The van der Waals surface area contributed by atoms with Crippen molar-refractivity contribution < 1.29 is 9.13 Å². The molecule has 0 aliphatic carbocycles. The van der Waals surface area contributed by atoms with Gasteiger partial charge in [-0.05, 0) is 19.2 Å². The molecule has 1 N–H and O–H groups in total. The highest BCUT2D eigenvalue weighted by atomic mass is 35.5. The first-order valence-electron chi connectivity index (χ1n) is 4.41. The molecule has 0 atom stereocenters. The van der Waals surface area contributed by atoms with Gasteiger partial charge in [-0.25, -0.2) is 4.39 Å². The molecule has 78 valence electrons. The second-order valence-corrected chi connectivity index (χ2v) is 3.26. The van der Waals surface area contributed by atoms with E-state index in [1.165, 1.54) is 6.07 Å². The number of nitrogens with one attached hydrogen (secondary N) is 1. The van der Waals surface area contributed by atoms with Crippen LogP contribution in [0.1, 0.15) is 5.56 Å². The van der Waals surface area contributed by atoms with E-state index in [1.54, 1.807) is 12.1 Å². The molecule has 0 fully saturated rings. The Morgan fingerprint density at radius 2 is 2.29 bits per heavy atom. The molecule has 0 saturated carbocycles. The molecular formula is C10H13ClFNO. The summed E-state index contributed by atoms with van der Waals surface area (Å²) in [5.74, 6) is -0.318. The highest BCUT2D eigenvalue weighted by Crippen LogP contribution is 2.19. The Bertz CT molecular complexity index is 273. The van der Waals surface area contributed by atoms with Crippen LogP contribution in [0.3, 0.4) is 0 Å². The summed E-state index contributed by atoms with van der Waals surface area (Å²) in [5.41, 5.74) is 0.422. The fourth-order valence-electron chi connectivity index (χ4n) is 1.02. The number of halogens is 2. The van der Waals surface area contributed by atoms with Crippen molar-refractivity contribution in [2.75, 3.05) is 20.2 Å². The van der Waals surface area contributed by atoms with Gasteiger partial charge in [0, 0.05) is 17.1 Å². The molecular weight excluding hydrogens is 205 g/mol. The summed E-state index contributed by atoms with van der Waals surface area (Å²) in [4.78, 5) is 0. The minimum atomic E-state index is -0.318. The molecule has 0 amide bonds. The molecule has 0 aliphatic rings. The second kappa shape index (κ2) is 5.96. The van der Waals surface area contributed by atoms with Crippen LogP contribution in [0.25, 0.3) is 0 Å². The lowest BCUT2D eigenvalue weighted by molar-refractivity contribution is 0.121. The van der Waals surface area contributed by atoms with Gasteiger partial charge in [-0.1, -0.05) is 17.7 Å². The molecule has 0 spiro atoms. The van der Waals surface area contributed by atoms with Crippen LogP contribution in [0.15, 0.2) is 18.2 Å². The van der Waals surface area contributed by atoms with Crippen molar-refractivity contribution in [3.05, 3.63) is 34.6 Å². The van der Waals surface area contributed by atoms with Gasteiger partial charge in [0.15, 0.2) is 0 Å². The molecule has 0 aliphatic heterocycles. The van der Waals surface area contributed by atoms with Gasteiger partial charge in [0.1, 0.15) is 5.82 Å². The van der Waals surface area contributed by atoms with Crippen molar-refractivity contribution in [3.8, 4) is 0 Å². The van der Waals surface area contributed by atoms with Gasteiger partial charge in [-0.15, -0.1) is 0 Å². The number of ether oxygens (including phenoxy) is 1. The van der Waals surface area contributed by atoms with E-state index in [0.29, 0.717) is 17.2 Å². The predicted molar refractivity (Wildman–Crippen MR) is 55.0 cm³/mol. The maximum absolute atomic E-state index is 13.2. The number of rotatable bonds is 5. The maximum atomic E-state index is 13.2. The molecule has 0 radical (unpaired) electrons. The topological polar surface area (TPSA) is 21.3 Å². The third kappa shape index (κ3) is 3.25. The quantitative estimate of drug-likeness (QED) is 0.764. The number of hydrogen-bond donors (Lipinski definition) is 1. The van der Waals surface area contributed by atoms with Gasteiger partial charge in [-0.3, -0.25) is 0 Å². The van der Waals surface area contributed by atoms with Crippen LogP contribution in [0.4, 0.5) is 4.39 Å². The predicted octanol–water partition coefficient (Wildman–Crippen LogP) is 2.22. The summed E-state index contributed by atoms with van der Waals surface area (Å²) in [6, 6.07) is 4.61. The Kier molecular flexibility index (Phi) is 4.87. The van der Waals surface area contributed by atoms with Gasteiger partial charge in [0.25, 0.3) is 0 Å². The van der Waals surface area contributed by atoms with E-state index in [-0.39, 0.29) is 12.4 Å². The van der Waals surface area contributed by atoms with E-state index in [9.17, 15) is 4.39 Å². The van der Waals surface area contributed by atoms with Gasteiger partial charge >= 0.3 is 0 Å². The molecule has 1 aromatic carbocycles. The zero-order chi connectivity index (χ0) is 10.4. The Balaban J connectivity index is 2.49. The Morgan fingerprint density at radius 3 is 2.93 bits per heavy atom. The smallest absolute Gasteiger partial charge is 0.130 e. The number of likely N-dealkylation sites (N-methyl/N-ethyl adjacent to an activating group) is 1. The summed E-state index contributed by atoms with van der Waals surface area (Å²) in [6.45, 7) is 1.50. The van der Waals surface area contributed by atoms with E-state index in [2.05, 4.69) is 5.32 Å². The first-order valence-corrected chi connectivity index (χ1v) is 4.78. The minimum absolute atomic E-state index is 0.215. The average Bonchev–Trinajstić information content (AvgIpc) is 2.16. The molecule has 0 unspecified atom stereocenters. The van der Waals surface area contributed by atoms with Crippen molar-refractivity contribution in [1.29, 1.82) is 0 Å². The van der Waals surface area contributed by atoms with Crippen LogP contribution in [0.2, 0.25) is 5.02 Å². The molecule has 0 bridgehead atoms. The van der Waals surface area contributed by atoms with Gasteiger partial charge in [-0.2, -0.15) is 0 Å². The third-order valence-corrected chi connectivity index (χ3v) is 2.16. The zero-order valence-corrected chi connectivity index (χ0v) is 8.77. The Labute approximate surface area is 88.0 Å². The average molecular weight is 218 g/mol. The van der Waals surface area contributed by atoms with Gasteiger partial charge < -0.3 is 10.1 Å². The van der Waals surface area contributed by atoms with E-state index >= 15 is 0 Å². The fraction of sp³-hybridized carbons (Fsp3) is 0.400. The largest absolute Gasteiger partial charge is 0.375 e. The first kappa shape index (κ1) is 11.4. The third-order valence-electron chi connectivity index (χ3n) is 1.80. The van der Waals surface area contributed by atoms with Crippen molar-refractivity contribution in [2.45, 2.75) is 6.61 Å². The van der Waals surface area contributed by atoms with E-state index in [4.69, 9.17) is 16.3 Å². The van der Waals surface area contributed by atoms with Crippen LogP contribution >= 0.6 is 11.6 Å². The first-order chi connectivity index (χ1) is 6.75. The van der Waals surface area contributed by atoms with Crippen LogP contribution < -0.4 is 5.32 Å². The van der Waals surface area contributed by atoms with Gasteiger partial charge in [0.2, 0.25) is 0 Å². The lowest BCUT2D eigenvalue weighted by Crippen LogP contribution is -2.14.